The molecule has 2 fully saturated rings. The van der Waals surface area contributed by atoms with Crippen LogP contribution in [0.15, 0.2) is 54.6 Å². The Bertz CT molecular complexity index is 833. The number of rotatable bonds is 2. The zero-order valence-electron chi connectivity index (χ0n) is 15.1. The Kier molecular flexibility index (Phi) is 4.27. The van der Waals surface area contributed by atoms with E-state index in [9.17, 15) is 9.59 Å². The van der Waals surface area contributed by atoms with Crippen molar-refractivity contribution < 1.29 is 9.59 Å². The second-order valence-corrected chi connectivity index (χ2v) is 7.53. The van der Waals surface area contributed by atoms with E-state index in [1.165, 1.54) is 0 Å². The summed E-state index contributed by atoms with van der Waals surface area (Å²) in [6.07, 6.45) is 2.69. The molecule has 0 saturated carbocycles. The quantitative estimate of drug-likeness (QED) is 0.834. The van der Waals surface area contributed by atoms with Gasteiger partial charge in [0.2, 0.25) is 5.91 Å². The molecule has 1 spiro atoms. The van der Waals surface area contributed by atoms with Crippen molar-refractivity contribution >= 4 is 11.8 Å². The molecule has 134 valence electrons. The summed E-state index contributed by atoms with van der Waals surface area (Å²) in [5, 5.41) is 0. The maximum absolute atomic E-state index is 13.0. The van der Waals surface area contributed by atoms with E-state index in [4.69, 9.17) is 0 Å². The lowest BCUT2D eigenvalue weighted by Crippen LogP contribution is -2.48. The molecular formula is C22H24N2O2. The van der Waals surface area contributed by atoms with Crippen molar-refractivity contribution in [2.75, 3.05) is 26.7 Å². The molecule has 0 radical (unpaired) electrons. The number of carbonyl (C=O) groups is 2. The van der Waals surface area contributed by atoms with E-state index in [0.717, 1.165) is 36.9 Å². The summed E-state index contributed by atoms with van der Waals surface area (Å²) in [5.41, 5.74) is 2.47. The molecule has 2 aromatic carbocycles. The van der Waals surface area contributed by atoms with Crippen LogP contribution < -0.4 is 0 Å². The number of hydrogen-bond donors (Lipinski definition) is 0. The minimum atomic E-state index is -0.361. The molecule has 0 bridgehead atoms. The summed E-state index contributed by atoms with van der Waals surface area (Å²) >= 11 is 0. The van der Waals surface area contributed by atoms with Crippen molar-refractivity contribution in [3.63, 3.8) is 0 Å². The molecule has 2 heterocycles. The first-order valence-corrected chi connectivity index (χ1v) is 9.29. The van der Waals surface area contributed by atoms with Gasteiger partial charge in [-0.3, -0.25) is 9.59 Å². The molecule has 1 unspecified atom stereocenters. The third kappa shape index (κ3) is 2.90. The van der Waals surface area contributed by atoms with Gasteiger partial charge in [0, 0.05) is 32.2 Å². The van der Waals surface area contributed by atoms with Crippen molar-refractivity contribution in [1.82, 2.24) is 9.80 Å². The maximum atomic E-state index is 13.0. The van der Waals surface area contributed by atoms with Crippen LogP contribution in [0, 0.1) is 5.41 Å². The predicted molar refractivity (Wildman–Crippen MR) is 102 cm³/mol. The predicted octanol–water partition coefficient (Wildman–Crippen LogP) is 3.44. The van der Waals surface area contributed by atoms with Gasteiger partial charge in [-0.1, -0.05) is 42.5 Å². The first-order chi connectivity index (χ1) is 12.6. The van der Waals surface area contributed by atoms with Crippen LogP contribution in [-0.4, -0.2) is 48.3 Å². The molecule has 2 saturated heterocycles. The third-order valence-electron chi connectivity index (χ3n) is 5.81. The van der Waals surface area contributed by atoms with E-state index in [1.54, 1.807) is 0 Å². The van der Waals surface area contributed by atoms with Gasteiger partial charge >= 0.3 is 0 Å². The lowest BCUT2D eigenvalue weighted by atomic mass is 9.78. The van der Waals surface area contributed by atoms with Crippen molar-refractivity contribution in [1.29, 1.82) is 0 Å². The van der Waals surface area contributed by atoms with Crippen LogP contribution in [-0.2, 0) is 4.79 Å². The Morgan fingerprint density at radius 2 is 1.73 bits per heavy atom. The summed E-state index contributed by atoms with van der Waals surface area (Å²) in [6.45, 7) is 2.03. The molecule has 2 amide bonds. The number of amides is 2. The molecule has 0 aromatic heterocycles. The Labute approximate surface area is 154 Å². The fraction of sp³-hybridized carbons (Fsp3) is 0.364. The van der Waals surface area contributed by atoms with Crippen LogP contribution in [0.25, 0.3) is 11.1 Å². The first-order valence-electron chi connectivity index (χ1n) is 9.29. The monoisotopic (exact) mass is 348 g/mol. The normalized spacial score (nSPS) is 22.9. The summed E-state index contributed by atoms with van der Waals surface area (Å²) in [6, 6.07) is 17.9. The SMILES string of the molecule is CN1CCCC2(CCN(C(=O)c3cccc(-c4ccccc4)c3)C2)C1=O. The molecule has 2 aromatic rings. The topological polar surface area (TPSA) is 40.6 Å². The summed E-state index contributed by atoms with van der Waals surface area (Å²) in [5.74, 6) is 0.234. The molecule has 0 N–H and O–H groups in total. The van der Waals surface area contributed by atoms with Gasteiger partial charge in [-0.25, -0.2) is 0 Å². The van der Waals surface area contributed by atoms with Crippen LogP contribution in [0.4, 0.5) is 0 Å². The average molecular weight is 348 g/mol. The molecule has 0 aliphatic carbocycles. The Morgan fingerprint density at radius 1 is 0.962 bits per heavy atom. The van der Waals surface area contributed by atoms with Gasteiger partial charge in [0.25, 0.3) is 5.91 Å². The van der Waals surface area contributed by atoms with Crippen LogP contribution in [0.2, 0.25) is 0 Å². The summed E-state index contributed by atoms with van der Waals surface area (Å²) < 4.78 is 0. The Hall–Kier alpha value is -2.62. The van der Waals surface area contributed by atoms with Gasteiger partial charge in [0.05, 0.1) is 5.41 Å². The second-order valence-electron chi connectivity index (χ2n) is 7.53. The number of likely N-dealkylation sites (tertiary alicyclic amines) is 2. The minimum absolute atomic E-state index is 0.0284. The highest BCUT2D eigenvalue weighted by Crippen LogP contribution is 2.40. The highest BCUT2D eigenvalue weighted by molar-refractivity contribution is 5.96. The summed E-state index contributed by atoms with van der Waals surface area (Å²) in [4.78, 5) is 29.4. The molecule has 2 aliphatic rings. The van der Waals surface area contributed by atoms with Crippen LogP contribution >= 0.6 is 0 Å². The van der Waals surface area contributed by atoms with Gasteiger partial charge in [0.1, 0.15) is 0 Å². The highest BCUT2D eigenvalue weighted by atomic mass is 16.2. The first kappa shape index (κ1) is 16.8. The van der Waals surface area contributed by atoms with Crippen molar-refractivity contribution in [3.05, 3.63) is 60.2 Å². The van der Waals surface area contributed by atoms with E-state index in [1.807, 2.05) is 71.4 Å². The zero-order valence-corrected chi connectivity index (χ0v) is 15.1. The Morgan fingerprint density at radius 3 is 2.54 bits per heavy atom. The van der Waals surface area contributed by atoms with Crippen molar-refractivity contribution in [2.45, 2.75) is 19.3 Å². The van der Waals surface area contributed by atoms with Crippen molar-refractivity contribution in [3.8, 4) is 11.1 Å². The van der Waals surface area contributed by atoms with Crippen LogP contribution in [0.5, 0.6) is 0 Å². The second kappa shape index (κ2) is 6.60. The third-order valence-corrected chi connectivity index (χ3v) is 5.81. The number of hydrogen-bond acceptors (Lipinski definition) is 2. The van der Waals surface area contributed by atoms with Crippen molar-refractivity contribution in [2.24, 2.45) is 5.41 Å². The summed E-state index contributed by atoms with van der Waals surface area (Å²) in [7, 11) is 1.87. The van der Waals surface area contributed by atoms with E-state index in [0.29, 0.717) is 18.7 Å². The fourth-order valence-electron chi connectivity index (χ4n) is 4.34. The lowest BCUT2D eigenvalue weighted by Gasteiger charge is -2.37. The van der Waals surface area contributed by atoms with Gasteiger partial charge in [0.15, 0.2) is 0 Å². The Balaban J connectivity index is 1.55. The van der Waals surface area contributed by atoms with Gasteiger partial charge in [-0.05, 0) is 42.5 Å². The number of piperidine rings is 1. The molecule has 4 nitrogen and oxygen atoms in total. The zero-order chi connectivity index (χ0) is 18.1. The molecule has 2 aliphatic heterocycles. The fourth-order valence-corrected chi connectivity index (χ4v) is 4.34. The lowest BCUT2D eigenvalue weighted by molar-refractivity contribution is -0.143. The average Bonchev–Trinajstić information content (AvgIpc) is 3.11. The smallest absolute Gasteiger partial charge is 0.253 e. The highest BCUT2D eigenvalue weighted by Gasteiger charge is 2.48. The molecule has 4 heteroatoms. The van der Waals surface area contributed by atoms with Gasteiger partial charge in [-0.2, -0.15) is 0 Å². The number of benzene rings is 2. The van der Waals surface area contributed by atoms with Crippen LogP contribution in [0.3, 0.4) is 0 Å². The number of nitrogens with zero attached hydrogens (tertiary/aromatic N) is 2. The largest absolute Gasteiger partial charge is 0.345 e. The van der Waals surface area contributed by atoms with E-state index < -0.39 is 0 Å². The molecule has 1 atom stereocenters. The molecule has 26 heavy (non-hydrogen) atoms. The van der Waals surface area contributed by atoms with E-state index >= 15 is 0 Å². The van der Waals surface area contributed by atoms with Gasteiger partial charge < -0.3 is 9.80 Å². The maximum Gasteiger partial charge on any atom is 0.253 e. The standard InChI is InChI=1S/C22H24N2O2/c1-23-13-6-11-22(21(23)26)12-14-24(16-22)20(25)19-10-5-9-18(15-19)17-7-3-2-4-8-17/h2-5,7-10,15H,6,11-14,16H2,1H3. The number of carbonyl (C=O) groups excluding carboxylic acids is 2. The van der Waals surface area contributed by atoms with E-state index in [-0.39, 0.29) is 17.2 Å². The van der Waals surface area contributed by atoms with Crippen LogP contribution in [0.1, 0.15) is 29.6 Å². The molecular weight excluding hydrogens is 324 g/mol. The molecule has 4 rings (SSSR count). The minimum Gasteiger partial charge on any atom is -0.345 e. The van der Waals surface area contributed by atoms with Gasteiger partial charge in [-0.15, -0.1) is 0 Å². The van der Waals surface area contributed by atoms with E-state index in [2.05, 4.69) is 0 Å².